The summed E-state index contributed by atoms with van der Waals surface area (Å²) in [5.41, 5.74) is 2.76. The van der Waals surface area contributed by atoms with Gasteiger partial charge in [-0.2, -0.15) is 0 Å². The maximum absolute atomic E-state index is 12.6. The molecule has 0 saturated heterocycles. The zero-order chi connectivity index (χ0) is 25.5. The number of non-ortho nitro benzene ring substituents is 1. The quantitative estimate of drug-likeness (QED) is 0.128. The molecule has 0 aliphatic rings. The van der Waals surface area contributed by atoms with Crippen molar-refractivity contribution in [2.75, 3.05) is 0 Å². The summed E-state index contributed by atoms with van der Waals surface area (Å²) in [4.78, 5) is 23.4. The van der Waals surface area contributed by atoms with Crippen LogP contribution in [0.2, 0.25) is 0 Å². The van der Waals surface area contributed by atoms with E-state index in [1.54, 1.807) is 19.1 Å². The van der Waals surface area contributed by atoms with Gasteiger partial charge in [0.15, 0.2) is 11.0 Å². The van der Waals surface area contributed by atoms with Gasteiger partial charge in [-0.25, -0.2) is 0 Å². The Hall–Kier alpha value is -3.69. The van der Waals surface area contributed by atoms with Crippen LogP contribution in [0.3, 0.4) is 0 Å². The first-order valence-corrected chi connectivity index (χ1v) is 12.7. The Labute approximate surface area is 217 Å². The van der Waals surface area contributed by atoms with E-state index in [9.17, 15) is 14.9 Å². The van der Waals surface area contributed by atoms with Crippen LogP contribution in [0.1, 0.15) is 29.9 Å². The first-order valence-electron chi connectivity index (χ1n) is 11.3. The van der Waals surface area contributed by atoms with Gasteiger partial charge in [0.05, 0.1) is 11.0 Å². The Bertz CT molecular complexity index is 1310. The average Bonchev–Trinajstić information content (AvgIpc) is 3.32. The predicted octanol–water partition coefficient (Wildman–Crippen LogP) is 5.50. The van der Waals surface area contributed by atoms with Crippen molar-refractivity contribution in [3.8, 4) is 5.69 Å². The molecule has 0 aliphatic carbocycles. The van der Waals surface area contributed by atoms with Crippen LogP contribution in [-0.4, -0.2) is 31.0 Å². The molecule has 3 aromatic carbocycles. The molecule has 36 heavy (non-hydrogen) atoms. The van der Waals surface area contributed by atoms with Gasteiger partial charge in [0, 0.05) is 23.6 Å². The van der Waals surface area contributed by atoms with Gasteiger partial charge < -0.3 is 5.32 Å². The number of benzene rings is 3. The molecule has 10 heteroatoms. The summed E-state index contributed by atoms with van der Waals surface area (Å²) in [6.45, 7) is 1.61. The molecule has 8 nitrogen and oxygen atoms in total. The molecule has 0 spiro atoms. The molecule has 1 aromatic heterocycles. The van der Waals surface area contributed by atoms with Gasteiger partial charge in [-0.15, -0.1) is 21.8 Å². The van der Waals surface area contributed by atoms with Gasteiger partial charge in [-0.3, -0.25) is 19.5 Å². The maximum Gasteiger partial charge on any atom is 0.269 e. The lowest BCUT2D eigenvalue weighted by Crippen LogP contribution is -2.35. The number of thioether (sulfide) groups is 1. The molecular formula is C26H24ClN5O3S. The Balaban J connectivity index is 1.75. The number of rotatable bonds is 10. The van der Waals surface area contributed by atoms with Crippen LogP contribution in [0.15, 0.2) is 90.1 Å². The summed E-state index contributed by atoms with van der Waals surface area (Å²) in [6.07, 6.45) is 0.463. The van der Waals surface area contributed by atoms with Gasteiger partial charge in [0.1, 0.15) is 5.38 Å². The van der Waals surface area contributed by atoms with Gasteiger partial charge in [-0.05, 0) is 36.6 Å². The van der Waals surface area contributed by atoms with Crippen molar-refractivity contribution in [3.63, 3.8) is 0 Å². The smallest absolute Gasteiger partial charge is 0.269 e. The number of alkyl halides is 1. The minimum atomic E-state index is -0.731. The third-order valence-corrected chi connectivity index (χ3v) is 6.66. The second-order valence-corrected chi connectivity index (χ2v) is 9.69. The number of aromatic nitrogens is 3. The largest absolute Gasteiger partial charge is 0.344 e. The van der Waals surface area contributed by atoms with E-state index in [0.717, 1.165) is 11.1 Å². The van der Waals surface area contributed by atoms with E-state index in [-0.39, 0.29) is 11.6 Å². The van der Waals surface area contributed by atoms with E-state index in [2.05, 4.69) is 15.5 Å². The number of carbonyl (C=O) groups excluding carboxylic acids is 1. The molecule has 2 atom stereocenters. The number of amides is 1. The predicted molar refractivity (Wildman–Crippen MR) is 140 cm³/mol. The second kappa shape index (κ2) is 11.8. The summed E-state index contributed by atoms with van der Waals surface area (Å²) < 4.78 is 1.84. The number of nitro benzene ring substituents is 1. The molecule has 1 N–H and O–H groups in total. The highest BCUT2D eigenvalue weighted by atomic mass is 35.5. The summed E-state index contributed by atoms with van der Waals surface area (Å²) in [6, 6.07) is 25.4. The molecule has 0 bridgehead atoms. The lowest BCUT2D eigenvalue weighted by Gasteiger charge is -2.21. The molecule has 4 rings (SSSR count). The van der Waals surface area contributed by atoms with Crippen molar-refractivity contribution in [1.29, 1.82) is 0 Å². The van der Waals surface area contributed by atoms with Gasteiger partial charge in [-0.1, -0.05) is 72.4 Å². The zero-order valence-corrected chi connectivity index (χ0v) is 21.0. The summed E-state index contributed by atoms with van der Waals surface area (Å²) >= 11 is 7.56. The standard InChI is InChI=1S/C26H24ClN5O3S/c1-18(27)25(33)28-23(16-19-8-4-2-5-9-19)24-29-30-26(36-17-20-10-6-3-7-11-20)31(24)21-12-14-22(15-13-21)32(34)35/h2-15,18,23H,16-17H2,1H3,(H,28,33)/t18-,23-/m1/s1. The van der Waals surface area contributed by atoms with Crippen molar-refractivity contribution in [2.45, 2.75) is 35.7 Å². The minimum Gasteiger partial charge on any atom is -0.344 e. The van der Waals surface area contributed by atoms with Crippen LogP contribution < -0.4 is 5.32 Å². The Kier molecular flexibility index (Phi) is 8.35. The number of halogens is 1. The third kappa shape index (κ3) is 6.30. The van der Waals surface area contributed by atoms with E-state index in [0.29, 0.717) is 28.8 Å². The summed E-state index contributed by atoms with van der Waals surface area (Å²) in [5, 5.41) is 23.0. The number of carbonyl (C=O) groups is 1. The van der Waals surface area contributed by atoms with Crippen LogP contribution in [-0.2, 0) is 17.0 Å². The monoisotopic (exact) mass is 521 g/mol. The number of nitro groups is 1. The molecule has 1 heterocycles. The molecular weight excluding hydrogens is 498 g/mol. The summed E-state index contributed by atoms with van der Waals surface area (Å²) in [7, 11) is 0. The molecule has 0 radical (unpaired) electrons. The third-order valence-electron chi connectivity index (χ3n) is 5.46. The molecule has 1 amide bonds. The molecule has 184 valence electrons. The molecule has 0 saturated carbocycles. The van der Waals surface area contributed by atoms with Crippen LogP contribution in [0, 0.1) is 10.1 Å². The van der Waals surface area contributed by atoms with Crippen molar-refractivity contribution in [2.24, 2.45) is 0 Å². The first-order chi connectivity index (χ1) is 17.4. The van der Waals surface area contributed by atoms with E-state index >= 15 is 0 Å². The molecule has 0 aliphatic heterocycles. The number of hydrogen-bond donors (Lipinski definition) is 1. The van der Waals surface area contributed by atoms with Gasteiger partial charge >= 0.3 is 0 Å². The fourth-order valence-electron chi connectivity index (χ4n) is 3.63. The Morgan fingerprint density at radius 3 is 2.19 bits per heavy atom. The lowest BCUT2D eigenvalue weighted by atomic mass is 10.0. The highest BCUT2D eigenvalue weighted by Gasteiger charge is 2.26. The van der Waals surface area contributed by atoms with E-state index < -0.39 is 16.3 Å². The number of hydrogen-bond acceptors (Lipinski definition) is 6. The molecule has 0 unspecified atom stereocenters. The Morgan fingerprint density at radius 1 is 1.00 bits per heavy atom. The van der Waals surface area contributed by atoms with Gasteiger partial charge in [0.25, 0.3) is 5.69 Å². The summed E-state index contributed by atoms with van der Waals surface area (Å²) in [5.74, 6) is 0.837. The van der Waals surface area contributed by atoms with Crippen molar-refractivity contribution < 1.29 is 9.72 Å². The van der Waals surface area contributed by atoms with Crippen molar-refractivity contribution in [1.82, 2.24) is 20.1 Å². The first kappa shape index (κ1) is 25.4. The minimum absolute atomic E-state index is 0.0167. The molecule has 0 fully saturated rings. The maximum atomic E-state index is 12.6. The number of nitrogens with zero attached hydrogens (tertiary/aromatic N) is 4. The average molecular weight is 522 g/mol. The van der Waals surface area contributed by atoms with Crippen molar-refractivity contribution in [3.05, 3.63) is 112 Å². The van der Waals surface area contributed by atoms with E-state index in [1.807, 2.05) is 65.2 Å². The van der Waals surface area contributed by atoms with Crippen molar-refractivity contribution >= 4 is 35.0 Å². The normalized spacial score (nSPS) is 12.6. The highest BCUT2D eigenvalue weighted by molar-refractivity contribution is 7.98. The van der Waals surface area contributed by atoms with Crippen LogP contribution in [0.4, 0.5) is 5.69 Å². The fraction of sp³-hybridized carbons (Fsp3) is 0.192. The lowest BCUT2D eigenvalue weighted by molar-refractivity contribution is -0.384. The molecule has 4 aromatic rings. The van der Waals surface area contributed by atoms with E-state index in [1.165, 1.54) is 23.9 Å². The fourth-order valence-corrected chi connectivity index (χ4v) is 4.61. The second-order valence-electron chi connectivity index (χ2n) is 8.09. The Morgan fingerprint density at radius 2 is 1.61 bits per heavy atom. The van der Waals surface area contributed by atoms with Gasteiger partial charge in [0.2, 0.25) is 5.91 Å². The topological polar surface area (TPSA) is 103 Å². The van der Waals surface area contributed by atoms with Crippen LogP contribution in [0.5, 0.6) is 0 Å². The van der Waals surface area contributed by atoms with Crippen LogP contribution >= 0.6 is 23.4 Å². The highest BCUT2D eigenvalue weighted by Crippen LogP contribution is 2.30. The van der Waals surface area contributed by atoms with Crippen LogP contribution in [0.25, 0.3) is 5.69 Å². The number of nitrogens with one attached hydrogen (secondary N) is 1. The zero-order valence-electron chi connectivity index (χ0n) is 19.5. The van der Waals surface area contributed by atoms with E-state index in [4.69, 9.17) is 11.6 Å². The SMILES string of the molecule is C[C@@H](Cl)C(=O)N[C@H](Cc1ccccc1)c1nnc(SCc2ccccc2)n1-c1ccc([N+](=O)[O-])cc1.